The van der Waals surface area contributed by atoms with Crippen LogP contribution in [-0.4, -0.2) is 4.98 Å². The third-order valence-corrected chi connectivity index (χ3v) is 12.4. The van der Waals surface area contributed by atoms with E-state index in [1.54, 1.807) is 11.3 Å². The third-order valence-electron chi connectivity index (χ3n) is 11.3. The van der Waals surface area contributed by atoms with Gasteiger partial charge >= 0.3 is 0 Å². The average Bonchev–Trinajstić information content (AvgIpc) is 4.00. The number of hydrogen-bond donors (Lipinski definition) is 0. The molecule has 0 radical (unpaired) electrons. The molecule has 0 saturated heterocycles. The molecule has 0 atom stereocenters. The lowest BCUT2D eigenvalue weighted by Crippen LogP contribution is -2.10. The third kappa shape index (κ3) is 5.32. The first-order chi connectivity index (χ1) is 28.7. The number of para-hydroxylation sites is 2. The van der Waals surface area contributed by atoms with Crippen LogP contribution in [0, 0.1) is 0 Å². The van der Waals surface area contributed by atoms with Gasteiger partial charge in [-0.3, -0.25) is 0 Å². The summed E-state index contributed by atoms with van der Waals surface area (Å²) < 4.78 is 14.0. The Hall–Kier alpha value is -7.47. The van der Waals surface area contributed by atoms with Crippen LogP contribution in [0.4, 0.5) is 17.1 Å². The minimum Gasteiger partial charge on any atom is -0.456 e. The first-order valence-corrected chi connectivity index (χ1v) is 20.2. The molecule has 58 heavy (non-hydrogen) atoms. The summed E-state index contributed by atoms with van der Waals surface area (Å²) in [7, 11) is 0. The maximum Gasteiger partial charge on any atom is 0.139 e. The monoisotopic (exact) mass is 760 g/mol. The SMILES string of the molecule is c1ccc(-c2cccc(N(c3ccc(-c4ccc5ccccc5c4)cc3)c3cc4oc5ccccc5c4c4nc(-c5ccc6oc7ccccc7c6c5)sc34)c2)cc1. The number of hydrogen-bond acceptors (Lipinski definition) is 5. The van der Waals surface area contributed by atoms with E-state index in [1.807, 2.05) is 24.3 Å². The molecule has 0 aliphatic carbocycles. The number of aromatic nitrogens is 1. The molecule has 4 nitrogen and oxygen atoms in total. The number of furan rings is 2. The van der Waals surface area contributed by atoms with Crippen molar-refractivity contribution in [2.24, 2.45) is 0 Å². The highest BCUT2D eigenvalue weighted by Crippen LogP contribution is 2.49. The molecule has 0 amide bonds. The van der Waals surface area contributed by atoms with Crippen LogP contribution in [0.25, 0.3) is 97.7 Å². The van der Waals surface area contributed by atoms with Crippen LogP contribution >= 0.6 is 11.3 Å². The average molecular weight is 761 g/mol. The molecule has 0 N–H and O–H groups in total. The second-order valence-electron chi connectivity index (χ2n) is 14.7. The summed E-state index contributed by atoms with van der Waals surface area (Å²) in [5.74, 6) is 0. The van der Waals surface area contributed by atoms with Crippen LogP contribution in [0.15, 0.2) is 203 Å². The minimum absolute atomic E-state index is 0.800. The fourth-order valence-corrected chi connectivity index (χ4v) is 9.54. The van der Waals surface area contributed by atoms with Crippen molar-refractivity contribution < 1.29 is 8.83 Å². The zero-order valence-electron chi connectivity index (χ0n) is 31.1. The van der Waals surface area contributed by atoms with Crippen molar-refractivity contribution in [1.29, 1.82) is 0 Å². The molecule has 12 rings (SSSR count). The van der Waals surface area contributed by atoms with Crippen molar-refractivity contribution in [3.05, 3.63) is 194 Å². The van der Waals surface area contributed by atoms with E-state index in [4.69, 9.17) is 13.8 Å². The van der Waals surface area contributed by atoms with E-state index < -0.39 is 0 Å². The molecule has 0 saturated carbocycles. The summed E-state index contributed by atoms with van der Waals surface area (Å²) in [5.41, 5.74) is 13.1. The van der Waals surface area contributed by atoms with Gasteiger partial charge in [0, 0.05) is 39.2 Å². The highest BCUT2D eigenvalue weighted by atomic mass is 32.1. The molecule has 0 aliphatic heterocycles. The molecule has 0 spiro atoms. The molecule has 0 fully saturated rings. The number of benzene rings is 9. The van der Waals surface area contributed by atoms with Gasteiger partial charge in [-0.2, -0.15) is 0 Å². The minimum atomic E-state index is 0.800. The zero-order valence-corrected chi connectivity index (χ0v) is 31.9. The van der Waals surface area contributed by atoms with E-state index in [0.717, 1.165) is 98.4 Å². The first kappa shape index (κ1) is 32.7. The van der Waals surface area contributed by atoms with Crippen molar-refractivity contribution in [2.75, 3.05) is 4.90 Å². The smallest absolute Gasteiger partial charge is 0.139 e. The Morgan fingerprint density at radius 2 is 1.03 bits per heavy atom. The normalized spacial score (nSPS) is 11.8. The summed E-state index contributed by atoms with van der Waals surface area (Å²) in [4.78, 5) is 7.84. The highest BCUT2D eigenvalue weighted by molar-refractivity contribution is 7.22. The van der Waals surface area contributed by atoms with Gasteiger partial charge in [0.15, 0.2) is 0 Å². The van der Waals surface area contributed by atoms with Gasteiger partial charge in [-0.1, -0.05) is 127 Å². The van der Waals surface area contributed by atoms with Crippen LogP contribution in [0.1, 0.15) is 0 Å². The number of anilines is 3. The lowest BCUT2D eigenvalue weighted by Gasteiger charge is -2.26. The van der Waals surface area contributed by atoms with Crippen molar-refractivity contribution >= 4 is 93.3 Å². The van der Waals surface area contributed by atoms with Gasteiger partial charge in [-0.05, 0) is 93.7 Å². The Kier molecular flexibility index (Phi) is 7.37. The van der Waals surface area contributed by atoms with Crippen molar-refractivity contribution in [1.82, 2.24) is 4.98 Å². The van der Waals surface area contributed by atoms with E-state index in [1.165, 1.54) is 16.3 Å². The van der Waals surface area contributed by atoms with Gasteiger partial charge in [0.05, 0.1) is 21.3 Å². The molecule has 3 heterocycles. The molecule has 0 bridgehead atoms. The molecule has 0 unspecified atom stereocenters. The molecule has 3 aromatic heterocycles. The summed E-state index contributed by atoms with van der Waals surface area (Å²) in [5, 5.41) is 7.66. The van der Waals surface area contributed by atoms with Crippen LogP contribution in [0.2, 0.25) is 0 Å². The Bertz CT molecular complexity index is 3520. The maximum atomic E-state index is 6.66. The van der Waals surface area contributed by atoms with Crippen molar-refractivity contribution in [3.63, 3.8) is 0 Å². The van der Waals surface area contributed by atoms with Crippen LogP contribution in [-0.2, 0) is 0 Å². The quantitative estimate of drug-likeness (QED) is 0.169. The first-order valence-electron chi connectivity index (χ1n) is 19.4. The summed E-state index contributed by atoms with van der Waals surface area (Å²) in [6.07, 6.45) is 0. The summed E-state index contributed by atoms with van der Waals surface area (Å²) in [6.45, 7) is 0. The topological polar surface area (TPSA) is 42.4 Å². The van der Waals surface area contributed by atoms with Gasteiger partial charge in [-0.15, -0.1) is 11.3 Å². The molecule has 272 valence electrons. The van der Waals surface area contributed by atoms with Crippen LogP contribution in [0.3, 0.4) is 0 Å². The van der Waals surface area contributed by atoms with E-state index in [-0.39, 0.29) is 0 Å². The molecule has 12 aromatic rings. The van der Waals surface area contributed by atoms with Gasteiger partial charge in [0.25, 0.3) is 0 Å². The van der Waals surface area contributed by atoms with Crippen LogP contribution < -0.4 is 4.90 Å². The van der Waals surface area contributed by atoms with E-state index in [9.17, 15) is 0 Å². The predicted octanol–water partition coefficient (Wildman–Crippen LogP) is 15.7. The lowest BCUT2D eigenvalue weighted by molar-refractivity contribution is 0.668. The largest absolute Gasteiger partial charge is 0.456 e. The number of thiazole rings is 1. The predicted molar refractivity (Wildman–Crippen MR) is 243 cm³/mol. The molecule has 9 aromatic carbocycles. The Balaban J connectivity index is 1.09. The standard InChI is InChI=1S/C53H32N2O2S/c1-2-11-33(12-3-1)37-15-10-16-41(30-37)55(40-26-23-35(24-27-40)38-22-21-34-13-4-5-14-36(34)29-38)45-32-49-50(43-18-7-9-20-47(43)57-49)51-52(45)58-53(54-51)39-25-28-48-44(31-39)42-17-6-8-19-46(42)56-48/h1-32H. The van der Waals surface area contributed by atoms with Gasteiger partial charge in [0.2, 0.25) is 0 Å². The van der Waals surface area contributed by atoms with Gasteiger partial charge in [-0.25, -0.2) is 4.98 Å². The molecule has 5 heteroatoms. The van der Waals surface area contributed by atoms with E-state index in [0.29, 0.717) is 0 Å². The number of rotatable bonds is 6. The van der Waals surface area contributed by atoms with Gasteiger partial charge in [0.1, 0.15) is 27.3 Å². The summed E-state index contributed by atoms with van der Waals surface area (Å²) >= 11 is 1.71. The Morgan fingerprint density at radius 1 is 0.397 bits per heavy atom. The highest BCUT2D eigenvalue weighted by Gasteiger charge is 2.24. The van der Waals surface area contributed by atoms with Crippen LogP contribution in [0.5, 0.6) is 0 Å². The second-order valence-corrected chi connectivity index (χ2v) is 15.7. The van der Waals surface area contributed by atoms with Crippen molar-refractivity contribution in [2.45, 2.75) is 0 Å². The fourth-order valence-electron chi connectivity index (χ4n) is 8.47. The molecule has 0 aliphatic rings. The summed E-state index contributed by atoms with van der Waals surface area (Å²) in [6, 6.07) is 68.6. The zero-order chi connectivity index (χ0) is 38.2. The number of fused-ring (bicyclic) bond motifs is 9. The van der Waals surface area contributed by atoms with Crippen molar-refractivity contribution in [3.8, 4) is 32.8 Å². The van der Waals surface area contributed by atoms with E-state index >= 15 is 0 Å². The maximum absolute atomic E-state index is 6.66. The van der Waals surface area contributed by atoms with Gasteiger partial charge < -0.3 is 13.7 Å². The Labute approximate surface area is 337 Å². The van der Waals surface area contributed by atoms with E-state index in [2.05, 4.69) is 175 Å². The molecular formula is C53H32N2O2S. The lowest BCUT2D eigenvalue weighted by atomic mass is 10.0. The number of nitrogens with zero attached hydrogens (tertiary/aromatic N) is 2. The Morgan fingerprint density at radius 3 is 1.90 bits per heavy atom. The molecular weight excluding hydrogens is 729 g/mol. The fraction of sp³-hybridized carbons (Fsp3) is 0. The second kappa shape index (κ2) is 13.1.